The van der Waals surface area contributed by atoms with Gasteiger partial charge in [0.05, 0.1) is 23.2 Å². The molecule has 0 radical (unpaired) electrons. The lowest BCUT2D eigenvalue weighted by Crippen LogP contribution is -2.19. The second kappa shape index (κ2) is 6.31. The Morgan fingerprint density at radius 2 is 1.95 bits per heavy atom. The van der Waals surface area contributed by atoms with Crippen molar-refractivity contribution in [2.45, 2.75) is 13.3 Å². The number of aryl methyl sites for hydroxylation is 1. The third-order valence-corrected chi connectivity index (χ3v) is 3.45. The van der Waals surface area contributed by atoms with Crippen molar-refractivity contribution in [3.05, 3.63) is 53.1 Å². The van der Waals surface area contributed by atoms with Crippen LogP contribution in [0.25, 0.3) is 0 Å². The summed E-state index contributed by atoms with van der Waals surface area (Å²) in [6.07, 6.45) is 0.441. The quantitative estimate of drug-likeness (QED) is 0.853. The Balaban J connectivity index is 2.47. The molecule has 20 heavy (non-hydrogen) atoms. The number of nitriles is 1. The van der Waals surface area contributed by atoms with Crippen LogP contribution >= 0.6 is 11.6 Å². The third-order valence-electron chi connectivity index (χ3n) is 3.12. The predicted octanol–water partition coefficient (Wildman–Crippen LogP) is 4.28. The van der Waals surface area contributed by atoms with Crippen molar-refractivity contribution >= 4 is 28.7 Å². The first-order valence-corrected chi connectivity index (χ1v) is 6.76. The molecule has 4 heteroatoms. The highest BCUT2D eigenvalue weighted by Gasteiger charge is 2.13. The molecular weight excluding hydrogens is 270 g/mol. The maximum Gasteiger partial charge on any atom is 0.0656 e. The molecule has 2 N–H and O–H groups in total. The molecule has 0 aromatic heterocycles. The zero-order valence-corrected chi connectivity index (χ0v) is 12.1. The molecule has 0 spiro atoms. The van der Waals surface area contributed by atoms with E-state index in [1.165, 1.54) is 0 Å². The summed E-state index contributed by atoms with van der Waals surface area (Å²) in [5.74, 6) is 0. The van der Waals surface area contributed by atoms with E-state index in [4.69, 9.17) is 22.6 Å². The fourth-order valence-corrected chi connectivity index (χ4v) is 2.30. The smallest absolute Gasteiger partial charge is 0.0656 e. The highest BCUT2D eigenvalue weighted by molar-refractivity contribution is 6.33. The van der Waals surface area contributed by atoms with E-state index in [0.717, 1.165) is 16.9 Å². The van der Waals surface area contributed by atoms with E-state index in [-0.39, 0.29) is 0 Å². The van der Waals surface area contributed by atoms with Gasteiger partial charge >= 0.3 is 0 Å². The molecule has 0 bridgehead atoms. The molecule has 2 aromatic carbocycles. The standard InChI is InChI=1S/C16H16ClN3/c1-12-10-15(19)14(17)11-16(12)20(9-5-8-18)13-6-3-2-4-7-13/h2-4,6-7,10-11H,5,9,19H2,1H3. The molecule has 0 unspecified atom stereocenters. The summed E-state index contributed by atoms with van der Waals surface area (Å²) in [6.45, 7) is 2.60. The van der Waals surface area contributed by atoms with Crippen LogP contribution in [0.4, 0.5) is 17.1 Å². The molecule has 0 saturated heterocycles. The van der Waals surface area contributed by atoms with Crippen LogP contribution in [-0.2, 0) is 0 Å². The zero-order valence-electron chi connectivity index (χ0n) is 11.3. The van der Waals surface area contributed by atoms with Gasteiger partial charge in [-0.2, -0.15) is 5.26 Å². The van der Waals surface area contributed by atoms with Gasteiger partial charge in [0.1, 0.15) is 0 Å². The Labute approximate surface area is 124 Å². The Bertz CT molecular complexity index is 632. The lowest BCUT2D eigenvalue weighted by atomic mass is 10.1. The summed E-state index contributed by atoms with van der Waals surface area (Å²) in [5.41, 5.74) is 9.44. The number of nitrogens with zero attached hydrogens (tertiary/aromatic N) is 2. The lowest BCUT2D eigenvalue weighted by molar-refractivity contribution is 0.943. The Morgan fingerprint density at radius 3 is 2.60 bits per heavy atom. The molecule has 0 fully saturated rings. The number of para-hydroxylation sites is 1. The van der Waals surface area contributed by atoms with Gasteiger partial charge in [0.25, 0.3) is 0 Å². The molecule has 2 aromatic rings. The van der Waals surface area contributed by atoms with Crippen LogP contribution in [0.2, 0.25) is 5.02 Å². The van der Waals surface area contributed by atoms with Crippen LogP contribution in [0.15, 0.2) is 42.5 Å². The third kappa shape index (κ3) is 3.04. The topological polar surface area (TPSA) is 53.0 Å². The van der Waals surface area contributed by atoms with Crippen molar-refractivity contribution in [3.63, 3.8) is 0 Å². The normalized spacial score (nSPS) is 10.1. The van der Waals surface area contributed by atoms with Gasteiger partial charge in [-0.1, -0.05) is 29.8 Å². The number of hydrogen-bond donors (Lipinski definition) is 1. The maximum atomic E-state index is 8.85. The van der Waals surface area contributed by atoms with Gasteiger partial charge in [0, 0.05) is 17.9 Å². The second-order valence-corrected chi connectivity index (χ2v) is 4.96. The van der Waals surface area contributed by atoms with Gasteiger partial charge in [-0.25, -0.2) is 0 Å². The largest absolute Gasteiger partial charge is 0.398 e. The number of nitrogens with two attached hydrogens (primary N) is 1. The number of halogens is 1. The Morgan fingerprint density at radius 1 is 1.25 bits per heavy atom. The van der Waals surface area contributed by atoms with Crippen molar-refractivity contribution in [2.75, 3.05) is 17.2 Å². The second-order valence-electron chi connectivity index (χ2n) is 4.56. The van der Waals surface area contributed by atoms with E-state index in [0.29, 0.717) is 23.7 Å². The van der Waals surface area contributed by atoms with Crippen molar-refractivity contribution in [3.8, 4) is 6.07 Å². The van der Waals surface area contributed by atoms with Crippen molar-refractivity contribution in [1.82, 2.24) is 0 Å². The van der Waals surface area contributed by atoms with Crippen molar-refractivity contribution in [2.24, 2.45) is 0 Å². The van der Waals surface area contributed by atoms with Crippen molar-refractivity contribution < 1.29 is 0 Å². The van der Waals surface area contributed by atoms with Crippen LogP contribution in [0.3, 0.4) is 0 Å². The maximum absolute atomic E-state index is 8.85. The van der Waals surface area contributed by atoms with E-state index in [1.54, 1.807) is 0 Å². The van der Waals surface area contributed by atoms with Gasteiger partial charge in [-0.3, -0.25) is 0 Å². The minimum atomic E-state index is 0.441. The number of nitrogen functional groups attached to an aromatic ring is 1. The Kier molecular flexibility index (Phi) is 4.49. The highest BCUT2D eigenvalue weighted by atomic mass is 35.5. The number of hydrogen-bond acceptors (Lipinski definition) is 3. The fourth-order valence-electron chi connectivity index (χ4n) is 2.14. The average Bonchev–Trinajstić information content (AvgIpc) is 2.45. The van der Waals surface area contributed by atoms with E-state index in [9.17, 15) is 0 Å². The first-order chi connectivity index (χ1) is 9.63. The van der Waals surface area contributed by atoms with E-state index in [1.807, 2.05) is 49.4 Å². The molecule has 0 atom stereocenters. The summed E-state index contributed by atoms with van der Waals surface area (Å²) >= 11 is 6.13. The molecule has 3 nitrogen and oxygen atoms in total. The van der Waals surface area contributed by atoms with Gasteiger partial charge in [-0.05, 0) is 36.8 Å². The van der Waals surface area contributed by atoms with E-state index >= 15 is 0 Å². The van der Waals surface area contributed by atoms with E-state index in [2.05, 4.69) is 11.0 Å². The first kappa shape index (κ1) is 14.2. The monoisotopic (exact) mass is 285 g/mol. The van der Waals surface area contributed by atoms with Crippen LogP contribution in [-0.4, -0.2) is 6.54 Å². The van der Waals surface area contributed by atoms with Gasteiger partial charge in [0.2, 0.25) is 0 Å². The minimum absolute atomic E-state index is 0.441. The molecule has 102 valence electrons. The predicted molar refractivity (Wildman–Crippen MR) is 84.3 cm³/mol. The van der Waals surface area contributed by atoms with Crippen molar-refractivity contribution in [1.29, 1.82) is 5.26 Å². The van der Waals surface area contributed by atoms with E-state index < -0.39 is 0 Å². The molecule has 0 aliphatic carbocycles. The lowest BCUT2D eigenvalue weighted by Gasteiger charge is -2.26. The zero-order chi connectivity index (χ0) is 14.5. The summed E-state index contributed by atoms with van der Waals surface area (Å²) in [6, 6.07) is 15.8. The highest BCUT2D eigenvalue weighted by Crippen LogP contribution is 2.33. The molecule has 0 aliphatic rings. The molecule has 0 amide bonds. The Hall–Kier alpha value is -2.18. The number of rotatable bonds is 4. The summed E-state index contributed by atoms with van der Waals surface area (Å²) in [4.78, 5) is 2.09. The van der Waals surface area contributed by atoms with Gasteiger partial charge in [0.15, 0.2) is 0 Å². The molecule has 0 heterocycles. The summed E-state index contributed by atoms with van der Waals surface area (Å²) < 4.78 is 0. The summed E-state index contributed by atoms with van der Waals surface area (Å²) in [7, 11) is 0. The first-order valence-electron chi connectivity index (χ1n) is 6.38. The molecular formula is C16H16ClN3. The summed E-state index contributed by atoms with van der Waals surface area (Å²) in [5, 5.41) is 9.39. The van der Waals surface area contributed by atoms with Crippen LogP contribution in [0.1, 0.15) is 12.0 Å². The minimum Gasteiger partial charge on any atom is -0.398 e. The number of benzene rings is 2. The van der Waals surface area contributed by atoms with Crippen LogP contribution < -0.4 is 10.6 Å². The number of anilines is 3. The molecule has 0 aliphatic heterocycles. The SMILES string of the molecule is Cc1cc(N)c(Cl)cc1N(CCC#N)c1ccccc1. The van der Waals surface area contributed by atoms with Gasteiger partial charge in [-0.15, -0.1) is 0 Å². The van der Waals surface area contributed by atoms with Crippen LogP contribution in [0, 0.1) is 18.3 Å². The van der Waals surface area contributed by atoms with Crippen LogP contribution in [0.5, 0.6) is 0 Å². The molecule has 0 saturated carbocycles. The fraction of sp³-hybridized carbons (Fsp3) is 0.188. The van der Waals surface area contributed by atoms with Gasteiger partial charge < -0.3 is 10.6 Å². The molecule has 2 rings (SSSR count). The average molecular weight is 286 g/mol.